The van der Waals surface area contributed by atoms with Crippen molar-refractivity contribution in [2.45, 2.75) is 25.2 Å². The number of aryl methyl sites for hydroxylation is 2. The van der Waals surface area contributed by atoms with Gasteiger partial charge in [-0.25, -0.2) is 8.42 Å². The molecule has 8 heteroatoms. The van der Waals surface area contributed by atoms with Crippen LogP contribution < -0.4 is 14.8 Å². The summed E-state index contributed by atoms with van der Waals surface area (Å²) in [6.45, 7) is 4.15. The van der Waals surface area contributed by atoms with Crippen molar-refractivity contribution in [3.63, 3.8) is 0 Å². The van der Waals surface area contributed by atoms with E-state index in [1.54, 1.807) is 13.2 Å². The molecule has 3 aromatic carbocycles. The molecule has 0 aliphatic heterocycles. The summed E-state index contributed by atoms with van der Waals surface area (Å²) in [6, 6.07) is 17.2. The molecule has 2 N–H and O–H groups in total. The molecule has 0 fully saturated rings. The van der Waals surface area contributed by atoms with Crippen molar-refractivity contribution in [1.29, 1.82) is 0 Å². The van der Waals surface area contributed by atoms with Crippen LogP contribution in [0.25, 0.3) is 0 Å². The fourth-order valence-corrected chi connectivity index (χ4v) is 4.85. The van der Waals surface area contributed by atoms with Gasteiger partial charge in [0.2, 0.25) is 0 Å². The number of rotatable bonds is 8. The first kappa shape index (κ1) is 23.6. The number of ether oxygens (including phenoxy) is 1. The van der Waals surface area contributed by atoms with Gasteiger partial charge in [-0.2, -0.15) is 0 Å². The van der Waals surface area contributed by atoms with Crippen molar-refractivity contribution >= 4 is 33.2 Å². The van der Waals surface area contributed by atoms with Crippen LogP contribution in [0, 0.1) is 13.8 Å². The Morgan fingerprint density at radius 3 is 2.38 bits per heavy atom. The average Bonchev–Trinajstić information content (AvgIpc) is 2.76. The van der Waals surface area contributed by atoms with Crippen LogP contribution in [0.15, 0.2) is 65.6 Å². The van der Waals surface area contributed by atoms with Crippen LogP contribution in [0.5, 0.6) is 5.75 Å². The Bertz CT molecular complexity index is 1230. The number of hydrogen-bond acceptors (Lipinski definition) is 4. The second-order valence-corrected chi connectivity index (χ2v) is 9.48. The van der Waals surface area contributed by atoms with Crippen LogP contribution in [0.2, 0.25) is 5.02 Å². The molecule has 0 aliphatic carbocycles. The highest BCUT2D eigenvalue weighted by Crippen LogP contribution is 2.26. The molecule has 0 saturated carbocycles. The zero-order valence-electron chi connectivity index (χ0n) is 18.1. The maximum atomic E-state index is 12.9. The highest BCUT2D eigenvalue weighted by molar-refractivity contribution is 7.92. The van der Waals surface area contributed by atoms with Gasteiger partial charge >= 0.3 is 0 Å². The van der Waals surface area contributed by atoms with Crippen molar-refractivity contribution in [2.24, 2.45) is 0 Å². The summed E-state index contributed by atoms with van der Waals surface area (Å²) in [5.41, 5.74) is 3.53. The number of benzene rings is 3. The second-order valence-electron chi connectivity index (χ2n) is 7.42. The van der Waals surface area contributed by atoms with Crippen molar-refractivity contribution in [3.8, 4) is 5.75 Å². The SMILES string of the molecule is COc1ccc(CCNC(=O)c2ccc(Cl)c(S(=O)(=O)Nc3ccc(C)cc3C)c2)cc1. The van der Waals surface area contributed by atoms with E-state index in [1.165, 1.54) is 18.2 Å². The molecule has 168 valence electrons. The fourth-order valence-electron chi connectivity index (χ4n) is 3.19. The molecule has 1 amide bonds. The summed E-state index contributed by atoms with van der Waals surface area (Å²) in [4.78, 5) is 12.4. The smallest absolute Gasteiger partial charge is 0.263 e. The minimum atomic E-state index is -3.98. The van der Waals surface area contributed by atoms with E-state index < -0.39 is 10.0 Å². The minimum absolute atomic E-state index is 0.0389. The number of amides is 1. The third kappa shape index (κ3) is 5.81. The average molecular weight is 473 g/mol. The topological polar surface area (TPSA) is 84.5 Å². The first-order chi connectivity index (χ1) is 15.2. The second kappa shape index (κ2) is 10.1. The summed E-state index contributed by atoms with van der Waals surface area (Å²) in [6.07, 6.45) is 0.628. The lowest BCUT2D eigenvalue weighted by Crippen LogP contribution is -2.26. The third-order valence-electron chi connectivity index (χ3n) is 4.97. The van der Waals surface area contributed by atoms with E-state index in [2.05, 4.69) is 10.0 Å². The maximum Gasteiger partial charge on any atom is 0.263 e. The number of anilines is 1. The quantitative estimate of drug-likeness (QED) is 0.496. The number of hydrogen-bond donors (Lipinski definition) is 2. The standard InChI is InChI=1S/C24H25ClN2O4S/c1-16-4-11-22(17(2)14-16)27-32(29,30)23-15-19(7-10-21(23)25)24(28)26-13-12-18-5-8-20(31-3)9-6-18/h4-11,14-15,27H,12-13H2,1-3H3,(H,26,28). The maximum absolute atomic E-state index is 12.9. The van der Waals surface area contributed by atoms with Gasteiger partial charge in [0.1, 0.15) is 10.6 Å². The molecule has 0 atom stereocenters. The molecule has 6 nitrogen and oxygen atoms in total. The number of methoxy groups -OCH3 is 1. The van der Waals surface area contributed by atoms with Gasteiger partial charge in [0, 0.05) is 12.1 Å². The Balaban J connectivity index is 1.71. The van der Waals surface area contributed by atoms with Crippen molar-refractivity contribution in [1.82, 2.24) is 5.32 Å². The van der Waals surface area contributed by atoms with E-state index in [1.807, 2.05) is 50.2 Å². The van der Waals surface area contributed by atoms with Gasteiger partial charge in [0.25, 0.3) is 15.9 Å². The number of carbonyl (C=O) groups excluding carboxylic acids is 1. The highest BCUT2D eigenvalue weighted by Gasteiger charge is 2.21. The van der Waals surface area contributed by atoms with E-state index >= 15 is 0 Å². The molecular weight excluding hydrogens is 448 g/mol. The van der Waals surface area contributed by atoms with Crippen LogP contribution >= 0.6 is 11.6 Å². The molecule has 0 heterocycles. The lowest BCUT2D eigenvalue weighted by Gasteiger charge is -2.13. The van der Waals surface area contributed by atoms with Gasteiger partial charge in [0.05, 0.1) is 17.8 Å². The van der Waals surface area contributed by atoms with Crippen LogP contribution in [0.1, 0.15) is 27.0 Å². The van der Waals surface area contributed by atoms with E-state index in [-0.39, 0.29) is 21.4 Å². The largest absolute Gasteiger partial charge is 0.497 e. The molecule has 0 aromatic heterocycles. The van der Waals surface area contributed by atoms with Crippen LogP contribution in [-0.2, 0) is 16.4 Å². The number of sulfonamides is 1. The van der Waals surface area contributed by atoms with Crippen molar-refractivity contribution < 1.29 is 17.9 Å². The summed E-state index contributed by atoms with van der Waals surface area (Å²) < 4.78 is 33.6. The molecule has 0 unspecified atom stereocenters. The van der Waals surface area contributed by atoms with Gasteiger partial charge < -0.3 is 10.1 Å². The first-order valence-electron chi connectivity index (χ1n) is 10.0. The van der Waals surface area contributed by atoms with Crippen LogP contribution in [0.3, 0.4) is 0 Å². The molecule has 0 spiro atoms. The minimum Gasteiger partial charge on any atom is -0.497 e. The van der Waals surface area contributed by atoms with Crippen molar-refractivity contribution in [3.05, 3.63) is 87.9 Å². The van der Waals surface area contributed by atoms with E-state index in [0.717, 1.165) is 22.4 Å². The fraction of sp³-hybridized carbons (Fsp3) is 0.208. The molecule has 0 radical (unpaired) electrons. The molecule has 3 rings (SSSR count). The summed E-state index contributed by atoms with van der Waals surface area (Å²) in [7, 11) is -2.37. The van der Waals surface area contributed by atoms with E-state index in [9.17, 15) is 13.2 Å². The Morgan fingerprint density at radius 1 is 1.00 bits per heavy atom. The lowest BCUT2D eigenvalue weighted by molar-refractivity contribution is 0.0954. The van der Waals surface area contributed by atoms with Gasteiger partial charge in [-0.3, -0.25) is 9.52 Å². The summed E-state index contributed by atoms with van der Waals surface area (Å²) in [5, 5.41) is 2.85. The van der Waals surface area contributed by atoms with Crippen molar-refractivity contribution in [2.75, 3.05) is 18.4 Å². The Morgan fingerprint density at radius 2 is 1.72 bits per heavy atom. The summed E-state index contributed by atoms with van der Waals surface area (Å²) in [5.74, 6) is 0.389. The first-order valence-corrected chi connectivity index (χ1v) is 11.9. The highest BCUT2D eigenvalue weighted by atomic mass is 35.5. The number of carbonyl (C=O) groups is 1. The van der Waals surface area contributed by atoms with Gasteiger partial charge in [-0.15, -0.1) is 0 Å². The van der Waals surface area contributed by atoms with E-state index in [0.29, 0.717) is 18.7 Å². The zero-order chi connectivity index (χ0) is 23.3. The van der Waals surface area contributed by atoms with Gasteiger partial charge in [-0.1, -0.05) is 41.4 Å². The molecular formula is C24H25ClN2O4S. The molecule has 3 aromatic rings. The monoisotopic (exact) mass is 472 g/mol. The Labute approximate surface area is 193 Å². The molecule has 32 heavy (non-hydrogen) atoms. The number of halogens is 1. The molecule has 0 aliphatic rings. The van der Waals surface area contributed by atoms with Gasteiger partial charge in [0.15, 0.2) is 0 Å². The predicted molar refractivity (Wildman–Crippen MR) is 127 cm³/mol. The van der Waals surface area contributed by atoms with E-state index in [4.69, 9.17) is 16.3 Å². The predicted octanol–water partition coefficient (Wildman–Crippen LogP) is 4.74. The third-order valence-corrected chi connectivity index (χ3v) is 6.81. The van der Waals surface area contributed by atoms with Gasteiger partial charge in [-0.05, 0) is 67.8 Å². The summed E-state index contributed by atoms with van der Waals surface area (Å²) >= 11 is 6.16. The molecule has 0 saturated heterocycles. The lowest BCUT2D eigenvalue weighted by atomic mass is 10.1. The Kier molecular flexibility index (Phi) is 7.43. The zero-order valence-corrected chi connectivity index (χ0v) is 19.7. The van der Waals surface area contributed by atoms with Crippen LogP contribution in [0.4, 0.5) is 5.69 Å². The van der Waals surface area contributed by atoms with Crippen LogP contribution in [-0.4, -0.2) is 28.0 Å². The Hall–Kier alpha value is -3.03. The number of nitrogens with one attached hydrogen (secondary N) is 2. The molecule has 0 bridgehead atoms. The normalized spacial score (nSPS) is 11.1.